The van der Waals surface area contributed by atoms with Crippen LogP contribution in [0.2, 0.25) is 0 Å². The number of para-hydroxylation sites is 1. The third-order valence-corrected chi connectivity index (χ3v) is 4.89. The van der Waals surface area contributed by atoms with Crippen LogP contribution in [0.4, 0.5) is 4.39 Å². The van der Waals surface area contributed by atoms with E-state index in [4.69, 9.17) is 9.52 Å². The van der Waals surface area contributed by atoms with Crippen molar-refractivity contribution in [1.29, 1.82) is 0 Å². The molecule has 0 unspecified atom stereocenters. The number of hydrogen-bond acceptors (Lipinski definition) is 3. The van der Waals surface area contributed by atoms with Crippen LogP contribution in [-0.2, 0) is 19.6 Å². The first-order chi connectivity index (χ1) is 12.7. The number of halogens is 1. The van der Waals surface area contributed by atoms with Gasteiger partial charge in [-0.3, -0.25) is 9.58 Å². The zero-order valence-corrected chi connectivity index (χ0v) is 14.4. The van der Waals surface area contributed by atoms with Crippen molar-refractivity contribution in [2.45, 2.75) is 19.6 Å². The van der Waals surface area contributed by atoms with Gasteiger partial charge < -0.3 is 4.42 Å². The van der Waals surface area contributed by atoms with Crippen LogP contribution in [0.1, 0.15) is 17.0 Å². The van der Waals surface area contributed by atoms with Crippen molar-refractivity contribution < 1.29 is 8.81 Å². The fourth-order valence-electron chi connectivity index (χ4n) is 3.75. The van der Waals surface area contributed by atoms with E-state index >= 15 is 0 Å². The third kappa shape index (κ3) is 2.44. The fraction of sp³-hybridized carbons (Fsp3) is 0.190. The maximum absolute atomic E-state index is 14.5. The van der Waals surface area contributed by atoms with Crippen molar-refractivity contribution in [3.8, 4) is 11.3 Å². The van der Waals surface area contributed by atoms with Crippen molar-refractivity contribution in [3.63, 3.8) is 0 Å². The molecule has 26 heavy (non-hydrogen) atoms. The van der Waals surface area contributed by atoms with Crippen molar-refractivity contribution in [2.24, 2.45) is 0 Å². The van der Waals surface area contributed by atoms with Gasteiger partial charge in [0.25, 0.3) is 0 Å². The maximum atomic E-state index is 14.5. The fourth-order valence-corrected chi connectivity index (χ4v) is 3.75. The molecular formula is C21H18FN3O. The van der Waals surface area contributed by atoms with Gasteiger partial charge >= 0.3 is 0 Å². The third-order valence-electron chi connectivity index (χ3n) is 4.89. The lowest BCUT2D eigenvalue weighted by Crippen LogP contribution is -2.12. The lowest BCUT2D eigenvalue weighted by molar-refractivity contribution is 0.345. The number of benzene rings is 2. The minimum atomic E-state index is -0.226. The van der Waals surface area contributed by atoms with Gasteiger partial charge in [-0.2, -0.15) is 5.10 Å². The summed E-state index contributed by atoms with van der Waals surface area (Å²) >= 11 is 0. The number of hydrogen-bond donors (Lipinski definition) is 0. The van der Waals surface area contributed by atoms with Crippen LogP contribution < -0.4 is 0 Å². The van der Waals surface area contributed by atoms with E-state index in [9.17, 15) is 4.39 Å². The number of furan rings is 1. The zero-order valence-electron chi connectivity index (χ0n) is 14.4. The van der Waals surface area contributed by atoms with E-state index < -0.39 is 0 Å². The molecule has 4 nitrogen and oxygen atoms in total. The van der Waals surface area contributed by atoms with Gasteiger partial charge in [0.2, 0.25) is 0 Å². The Balaban J connectivity index is 1.63. The van der Waals surface area contributed by atoms with Crippen LogP contribution in [0.15, 0.2) is 59.0 Å². The molecule has 0 bridgehead atoms. The summed E-state index contributed by atoms with van der Waals surface area (Å²) in [5.41, 5.74) is 4.42. The highest BCUT2D eigenvalue weighted by Crippen LogP contribution is 2.34. The van der Waals surface area contributed by atoms with Gasteiger partial charge in [-0.15, -0.1) is 0 Å². The molecule has 0 aliphatic carbocycles. The zero-order chi connectivity index (χ0) is 17.7. The lowest BCUT2D eigenvalue weighted by atomic mass is 10.1. The Labute approximate surface area is 150 Å². The van der Waals surface area contributed by atoms with Gasteiger partial charge in [-0.1, -0.05) is 30.3 Å². The van der Waals surface area contributed by atoms with Gasteiger partial charge in [-0.25, -0.2) is 4.39 Å². The normalized spacial score (nSPS) is 14.2. The van der Waals surface area contributed by atoms with E-state index in [1.807, 2.05) is 47.1 Å². The van der Waals surface area contributed by atoms with Crippen molar-refractivity contribution in [1.82, 2.24) is 14.7 Å². The van der Waals surface area contributed by atoms with Crippen LogP contribution in [0.3, 0.4) is 0 Å². The molecule has 1 aliphatic rings. The molecule has 0 radical (unpaired) electrons. The first-order valence-electron chi connectivity index (χ1n) is 8.68. The van der Waals surface area contributed by atoms with E-state index in [-0.39, 0.29) is 5.82 Å². The highest BCUT2D eigenvalue weighted by Gasteiger charge is 2.27. The molecule has 2 aromatic carbocycles. The SMILES string of the molecule is CN1Cc2nn(Cc3cc4ccccc4o3)c(-c3ccccc3F)c2C1. The standard InChI is InChI=1S/C21H18FN3O/c1-24-12-17-19(13-24)23-25(21(17)16-7-3-4-8-18(16)22)11-15-10-14-6-2-5-9-20(14)26-15/h2-10H,11-13H2,1H3. The molecule has 0 amide bonds. The molecule has 0 spiro atoms. The van der Waals surface area contributed by atoms with E-state index in [0.29, 0.717) is 12.1 Å². The average molecular weight is 347 g/mol. The van der Waals surface area contributed by atoms with Gasteiger partial charge in [-0.05, 0) is 31.3 Å². The number of aromatic nitrogens is 2. The second kappa shape index (κ2) is 5.81. The second-order valence-corrected chi connectivity index (χ2v) is 6.83. The maximum Gasteiger partial charge on any atom is 0.134 e. The second-order valence-electron chi connectivity index (χ2n) is 6.83. The molecule has 130 valence electrons. The number of nitrogens with zero attached hydrogens (tertiary/aromatic N) is 3. The predicted molar refractivity (Wildman–Crippen MR) is 98.1 cm³/mol. The van der Waals surface area contributed by atoms with E-state index in [1.54, 1.807) is 6.07 Å². The Morgan fingerprint density at radius 3 is 2.73 bits per heavy atom. The summed E-state index contributed by atoms with van der Waals surface area (Å²) in [5.74, 6) is 0.592. The molecular weight excluding hydrogens is 329 g/mol. The summed E-state index contributed by atoms with van der Waals surface area (Å²) in [6.45, 7) is 2.04. The summed E-state index contributed by atoms with van der Waals surface area (Å²) in [6, 6.07) is 16.8. The van der Waals surface area contributed by atoms with Crippen LogP contribution in [-0.4, -0.2) is 21.7 Å². The molecule has 1 aliphatic heterocycles. The quantitative estimate of drug-likeness (QED) is 0.550. The molecule has 0 saturated carbocycles. The molecule has 0 fully saturated rings. The topological polar surface area (TPSA) is 34.2 Å². The Kier molecular flexibility index (Phi) is 3.43. The number of rotatable bonds is 3. The summed E-state index contributed by atoms with van der Waals surface area (Å²) < 4.78 is 22.4. The van der Waals surface area contributed by atoms with E-state index in [1.165, 1.54) is 6.07 Å². The van der Waals surface area contributed by atoms with Gasteiger partial charge in [0.05, 0.1) is 17.9 Å². The Morgan fingerprint density at radius 1 is 1.08 bits per heavy atom. The van der Waals surface area contributed by atoms with Crippen LogP contribution in [0, 0.1) is 5.82 Å². The first-order valence-corrected chi connectivity index (χ1v) is 8.68. The van der Waals surface area contributed by atoms with Gasteiger partial charge in [0.1, 0.15) is 17.2 Å². The van der Waals surface area contributed by atoms with Crippen LogP contribution >= 0.6 is 0 Å². The van der Waals surface area contributed by atoms with Crippen molar-refractivity contribution >= 4 is 11.0 Å². The minimum absolute atomic E-state index is 0.226. The Morgan fingerprint density at radius 2 is 1.88 bits per heavy atom. The molecule has 5 rings (SSSR count). The summed E-state index contributed by atoms with van der Waals surface area (Å²) in [4.78, 5) is 2.19. The molecule has 3 heterocycles. The predicted octanol–water partition coefficient (Wildman–Crippen LogP) is 4.43. The van der Waals surface area contributed by atoms with Crippen molar-refractivity contribution in [3.05, 3.63) is 77.4 Å². The van der Waals surface area contributed by atoms with Crippen LogP contribution in [0.5, 0.6) is 0 Å². The first kappa shape index (κ1) is 15.3. The highest BCUT2D eigenvalue weighted by atomic mass is 19.1. The van der Waals surface area contributed by atoms with Gasteiger partial charge in [0.15, 0.2) is 0 Å². The van der Waals surface area contributed by atoms with E-state index in [0.717, 1.165) is 46.8 Å². The Hall–Kier alpha value is -2.92. The minimum Gasteiger partial charge on any atom is -0.459 e. The monoisotopic (exact) mass is 347 g/mol. The molecule has 4 aromatic rings. The highest BCUT2D eigenvalue weighted by molar-refractivity contribution is 5.77. The molecule has 0 saturated heterocycles. The summed E-state index contributed by atoms with van der Waals surface area (Å²) in [7, 11) is 2.05. The largest absolute Gasteiger partial charge is 0.459 e. The molecule has 2 aromatic heterocycles. The van der Waals surface area contributed by atoms with Crippen molar-refractivity contribution in [2.75, 3.05) is 7.05 Å². The Bertz CT molecular complexity index is 1080. The van der Waals surface area contributed by atoms with Crippen LogP contribution in [0.25, 0.3) is 22.2 Å². The smallest absolute Gasteiger partial charge is 0.134 e. The molecule has 0 N–H and O–H groups in total. The summed E-state index contributed by atoms with van der Waals surface area (Å²) in [6.07, 6.45) is 0. The molecule has 0 atom stereocenters. The van der Waals surface area contributed by atoms with E-state index in [2.05, 4.69) is 11.9 Å². The average Bonchev–Trinajstić information content (AvgIpc) is 3.27. The number of fused-ring (bicyclic) bond motifs is 2. The van der Waals surface area contributed by atoms with Gasteiger partial charge in [0, 0.05) is 29.6 Å². The lowest BCUT2D eigenvalue weighted by Gasteiger charge is -2.12. The summed E-state index contributed by atoms with van der Waals surface area (Å²) in [5, 5.41) is 5.84. The molecule has 5 heteroatoms.